The van der Waals surface area contributed by atoms with Gasteiger partial charge in [-0.3, -0.25) is 10.1 Å². The van der Waals surface area contributed by atoms with Gasteiger partial charge in [-0.05, 0) is 31.7 Å². The zero-order valence-electron chi connectivity index (χ0n) is 13.2. The van der Waals surface area contributed by atoms with E-state index < -0.39 is 14.9 Å². The predicted octanol–water partition coefficient (Wildman–Crippen LogP) is 2.71. The Hall–Kier alpha value is -1.67. The van der Waals surface area contributed by atoms with Crippen LogP contribution in [-0.2, 0) is 10.0 Å². The van der Waals surface area contributed by atoms with E-state index in [1.807, 2.05) is 0 Å². The van der Waals surface area contributed by atoms with Crippen molar-refractivity contribution in [1.29, 1.82) is 0 Å². The molecule has 8 heteroatoms. The molecule has 0 spiro atoms. The molecule has 7 nitrogen and oxygen atoms in total. The summed E-state index contributed by atoms with van der Waals surface area (Å²) in [5, 5.41) is 10.8. The first-order valence-electron chi connectivity index (χ1n) is 7.02. The number of nitro groups is 1. The van der Waals surface area contributed by atoms with Gasteiger partial charge in [0, 0.05) is 18.2 Å². The summed E-state index contributed by atoms with van der Waals surface area (Å²) in [6.07, 6.45) is 1.57. The summed E-state index contributed by atoms with van der Waals surface area (Å²) in [6, 6.07) is 3.23. The van der Waals surface area contributed by atoms with E-state index in [-0.39, 0.29) is 22.4 Å². The number of nitrogens with zero attached hydrogens (tertiary/aromatic N) is 1. The first-order chi connectivity index (χ1) is 10.2. The Kier molecular flexibility index (Phi) is 6.31. The van der Waals surface area contributed by atoms with Crippen molar-refractivity contribution in [3.63, 3.8) is 0 Å². The maximum absolute atomic E-state index is 12.4. The van der Waals surface area contributed by atoms with Gasteiger partial charge >= 0.3 is 0 Å². The number of hydrogen-bond acceptors (Lipinski definition) is 5. The second-order valence-corrected chi connectivity index (χ2v) is 7.27. The molecule has 0 fully saturated rings. The summed E-state index contributed by atoms with van der Waals surface area (Å²) in [5.41, 5.74) is -0.295. The van der Waals surface area contributed by atoms with Crippen molar-refractivity contribution in [2.45, 2.75) is 44.6 Å². The van der Waals surface area contributed by atoms with Crippen LogP contribution in [0.15, 0.2) is 23.1 Å². The van der Waals surface area contributed by atoms with E-state index in [4.69, 9.17) is 4.74 Å². The molecule has 0 bridgehead atoms. The standard InChI is InChI=1S/C14H22N2O5S/c1-10(2)5-6-11(3)15-22(19,20)14-9-12(16(17)18)7-8-13(14)21-4/h7-11,15H,5-6H2,1-4H3. The summed E-state index contributed by atoms with van der Waals surface area (Å²) in [5.74, 6) is 0.550. The number of ether oxygens (including phenoxy) is 1. The zero-order chi connectivity index (χ0) is 16.9. The summed E-state index contributed by atoms with van der Waals surface area (Å²) in [7, 11) is -2.56. The number of nitrogens with one attached hydrogen (secondary N) is 1. The predicted molar refractivity (Wildman–Crippen MR) is 83.5 cm³/mol. The summed E-state index contributed by atoms with van der Waals surface area (Å²) < 4.78 is 32.4. The van der Waals surface area contributed by atoms with Gasteiger partial charge in [-0.15, -0.1) is 0 Å². The van der Waals surface area contributed by atoms with Crippen molar-refractivity contribution in [2.24, 2.45) is 5.92 Å². The molecule has 0 saturated carbocycles. The van der Waals surface area contributed by atoms with Gasteiger partial charge in [-0.25, -0.2) is 13.1 Å². The normalized spacial score (nSPS) is 13.1. The lowest BCUT2D eigenvalue weighted by Crippen LogP contribution is -2.33. The fraction of sp³-hybridized carbons (Fsp3) is 0.571. The van der Waals surface area contributed by atoms with Crippen LogP contribution in [0, 0.1) is 16.0 Å². The third kappa shape index (κ3) is 4.96. The minimum Gasteiger partial charge on any atom is -0.495 e. The summed E-state index contributed by atoms with van der Waals surface area (Å²) in [6.45, 7) is 5.89. The van der Waals surface area contributed by atoms with Gasteiger partial charge in [-0.2, -0.15) is 0 Å². The second kappa shape index (κ2) is 7.55. The van der Waals surface area contributed by atoms with Crippen LogP contribution in [0.25, 0.3) is 0 Å². The number of non-ortho nitro benzene ring substituents is 1. The molecule has 0 aliphatic carbocycles. The van der Waals surface area contributed by atoms with Gasteiger partial charge in [0.1, 0.15) is 10.6 Å². The Morgan fingerprint density at radius 2 is 1.91 bits per heavy atom. The number of nitro benzene ring substituents is 1. The van der Waals surface area contributed by atoms with Crippen molar-refractivity contribution >= 4 is 15.7 Å². The smallest absolute Gasteiger partial charge is 0.271 e. The topological polar surface area (TPSA) is 98.5 Å². The lowest BCUT2D eigenvalue weighted by Gasteiger charge is -2.16. The third-order valence-corrected chi connectivity index (χ3v) is 4.79. The molecular formula is C14H22N2O5S. The van der Waals surface area contributed by atoms with E-state index in [1.54, 1.807) is 6.92 Å². The summed E-state index contributed by atoms with van der Waals surface area (Å²) in [4.78, 5) is 9.97. The Morgan fingerprint density at radius 3 is 2.41 bits per heavy atom. The van der Waals surface area contributed by atoms with Crippen LogP contribution in [0.2, 0.25) is 0 Å². The van der Waals surface area contributed by atoms with Crippen LogP contribution < -0.4 is 9.46 Å². The zero-order valence-corrected chi connectivity index (χ0v) is 14.0. The number of benzene rings is 1. The van der Waals surface area contributed by atoms with Crippen LogP contribution >= 0.6 is 0 Å². The van der Waals surface area contributed by atoms with Crippen molar-refractivity contribution in [1.82, 2.24) is 4.72 Å². The first kappa shape index (κ1) is 18.4. The molecule has 1 atom stereocenters. The monoisotopic (exact) mass is 330 g/mol. The molecule has 124 valence electrons. The molecule has 22 heavy (non-hydrogen) atoms. The highest BCUT2D eigenvalue weighted by Gasteiger charge is 2.24. The average molecular weight is 330 g/mol. The number of hydrogen-bond donors (Lipinski definition) is 1. The highest BCUT2D eigenvalue weighted by atomic mass is 32.2. The van der Waals surface area contributed by atoms with E-state index in [9.17, 15) is 18.5 Å². The average Bonchev–Trinajstić information content (AvgIpc) is 2.43. The van der Waals surface area contributed by atoms with E-state index in [0.29, 0.717) is 12.3 Å². The molecule has 1 N–H and O–H groups in total. The van der Waals surface area contributed by atoms with Crippen LogP contribution in [-0.4, -0.2) is 26.5 Å². The Morgan fingerprint density at radius 1 is 1.27 bits per heavy atom. The Bertz CT molecular complexity index is 628. The van der Waals surface area contributed by atoms with Gasteiger partial charge in [0.2, 0.25) is 10.0 Å². The van der Waals surface area contributed by atoms with E-state index in [1.165, 1.54) is 19.2 Å². The van der Waals surface area contributed by atoms with Gasteiger partial charge < -0.3 is 4.74 Å². The van der Waals surface area contributed by atoms with Crippen molar-refractivity contribution in [3.05, 3.63) is 28.3 Å². The van der Waals surface area contributed by atoms with Gasteiger partial charge in [0.05, 0.1) is 12.0 Å². The molecule has 1 aromatic rings. The van der Waals surface area contributed by atoms with E-state index in [2.05, 4.69) is 18.6 Å². The lowest BCUT2D eigenvalue weighted by molar-refractivity contribution is -0.385. The van der Waals surface area contributed by atoms with Crippen molar-refractivity contribution in [3.8, 4) is 5.75 Å². The molecule has 0 aliphatic heterocycles. The van der Waals surface area contributed by atoms with Crippen LogP contribution in [0.3, 0.4) is 0 Å². The van der Waals surface area contributed by atoms with Crippen LogP contribution in [0.1, 0.15) is 33.6 Å². The number of rotatable bonds is 8. The molecule has 0 radical (unpaired) electrons. The maximum atomic E-state index is 12.4. The second-order valence-electron chi connectivity index (χ2n) is 5.59. The highest BCUT2D eigenvalue weighted by Crippen LogP contribution is 2.28. The molecule has 0 aromatic heterocycles. The fourth-order valence-corrected chi connectivity index (χ4v) is 3.43. The van der Waals surface area contributed by atoms with Crippen molar-refractivity contribution in [2.75, 3.05) is 7.11 Å². The first-order valence-corrected chi connectivity index (χ1v) is 8.50. The molecule has 1 aromatic carbocycles. The molecule has 0 amide bonds. The minimum absolute atomic E-state index is 0.0779. The highest BCUT2D eigenvalue weighted by molar-refractivity contribution is 7.89. The van der Waals surface area contributed by atoms with Gasteiger partial charge in [-0.1, -0.05) is 13.8 Å². The quantitative estimate of drug-likeness (QED) is 0.583. The lowest BCUT2D eigenvalue weighted by atomic mass is 10.1. The van der Waals surface area contributed by atoms with E-state index in [0.717, 1.165) is 12.5 Å². The van der Waals surface area contributed by atoms with Gasteiger partial charge in [0.15, 0.2) is 0 Å². The third-order valence-electron chi connectivity index (χ3n) is 3.18. The number of methoxy groups -OCH3 is 1. The Balaban J connectivity index is 3.05. The molecular weight excluding hydrogens is 308 g/mol. The Labute approximate surface area is 130 Å². The molecule has 0 saturated heterocycles. The summed E-state index contributed by atoms with van der Waals surface area (Å²) >= 11 is 0. The maximum Gasteiger partial charge on any atom is 0.271 e. The van der Waals surface area contributed by atoms with Crippen LogP contribution in [0.4, 0.5) is 5.69 Å². The largest absolute Gasteiger partial charge is 0.495 e. The fourth-order valence-electron chi connectivity index (χ4n) is 1.96. The SMILES string of the molecule is COc1ccc([N+](=O)[O-])cc1S(=O)(=O)NC(C)CCC(C)C. The van der Waals surface area contributed by atoms with Crippen molar-refractivity contribution < 1.29 is 18.1 Å². The molecule has 1 rings (SSSR count). The molecule has 0 aliphatic rings. The van der Waals surface area contributed by atoms with E-state index >= 15 is 0 Å². The van der Waals surface area contributed by atoms with Crippen LogP contribution in [0.5, 0.6) is 5.75 Å². The minimum atomic E-state index is -3.89. The molecule has 0 heterocycles. The number of sulfonamides is 1. The van der Waals surface area contributed by atoms with Gasteiger partial charge in [0.25, 0.3) is 5.69 Å². The molecule has 1 unspecified atom stereocenters.